The quantitative estimate of drug-likeness (QED) is 0.638. The van der Waals surface area contributed by atoms with Crippen molar-refractivity contribution >= 4 is 34.0 Å². The molecule has 1 aliphatic rings. The number of thiophene rings is 1. The highest BCUT2D eigenvalue weighted by Gasteiger charge is 2.25. The molecule has 0 unspecified atom stereocenters. The van der Waals surface area contributed by atoms with Crippen LogP contribution in [0, 0.1) is 17.2 Å². The van der Waals surface area contributed by atoms with Gasteiger partial charge in [0.15, 0.2) is 16.7 Å². The van der Waals surface area contributed by atoms with Crippen LogP contribution < -0.4 is 5.32 Å². The largest absolute Gasteiger partial charge is 0.461 e. The van der Waals surface area contributed by atoms with Crippen LogP contribution in [0.25, 0.3) is 11.6 Å². The highest BCUT2D eigenvalue weighted by molar-refractivity contribution is 7.99. The first-order valence-corrected chi connectivity index (χ1v) is 10.8. The van der Waals surface area contributed by atoms with Gasteiger partial charge in [-0.3, -0.25) is 4.79 Å². The molecular weight excluding hydrogens is 394 g/mol. The van der Waals surface area contributed by atoms with Gasteiger partial charge >= 0.3 is 0 Å². The van der Waals surface area contributed by atoms with Gasteiger partial charge in [0, 0.05) is 11.9 Å². The number of thioether (sulfide) groups is 1. The van der Waals surface area contributed by atoms with Gasteiger partial charge in [0.25, 0.3) is 0 Å². The number of carbonyl (C=O) groups excluding carboxylic acids is 1. The number of nitriles is 1. The standard InChI is InChI=1S/C19H19N5O2S2/c1-11-5-6-12-13(9-20)18(28-15(12)8-11)21-16(25)10-27-19-23-22-17(24(19)2)14-4-3-7-26-14/h3-4,7,11H,5-6,8,10H2,1-2H3,(H,21,25)/t11-/m1/s1. The van der Waals surface area contributed by atoms with E-state index in [9.17, 15) is 10.1 Å². The summed E-state index contributed by atoms with van der Waals surface area (Å²) in [6.45, 7) is 2.22. The zero-order chi connectivity index (χ0) is 19.7. The number of fused-ring (bicyclic) bond motifs is 1. The highest BCUT2D eigenvalue weighted by atomic mass is 32.2. The van der Waals surface area contributed by atoms with Gasteiger partial charge in [-0.05, 0) is 42.9 Å². The molecule has 0 spiro atoms. The van der Waals surface area contributed by atoms with Crippen LogP contribution in [0.3, 0.4) is 0 Å². The molecule has 0 bridgehead atoms. The molecule has 4 rings (SSSR count). The normalized spacial score (nSPS) is 15.8. The number of hydrogen-bond acceptors (Lipinski definition) is 7. The predicted octanol–water partition coefficient (Wildman–Crippen LogP) is 3.86. The lowest BCUT2D eigenvalue weighted by Gasteiger charge is -2.17. The second kappa shape index (κ2) is 7.81. The Balaban J connectivity index is 1.43. The molecule has 1 amide bonds. The number of amides is 1. The summed E-state index contributed by atoms with van der Waals surface area (Å²) in [5, 5.41) is 22.0. The van der Waals surface area contributed by atoms with Crippen LogP contribution in [-0.4, -0.2) is 26.4 Å². The summed E-state index contributed by atoms with van der Waals surface area (Å²) >= 11 is 2.84. The SMILES string of the molecule is C[C@@H]1CCc2c(sc(NC(=O)CSc3nnc(-c4ccco4)n3C)c2C#N)C1. The van der Waals surface area contributed by atoms with Crippen LogP contribution in [0.15, 0.2) is 28.0 Å². The lowest BCUT2D eigenvalue weighted by atomic mass is 9.89. The summed E-state index contributed by atoms with van der Waals surface area (Å²) in [5.41, 5.74) is 1.74. The second-order valence-corrected chi connectivity index (χ2v) is 8.89. The fraction of sp³-hybridized carbons (Fsp3) is 0.368. The number of anilines is 1. The molecule has 1 N–H and O–H groups in total. The van der Waals surface area contributed by atoms with E-state index in [1.165, 1.54) is 28.0 Å². The van der Waals surface area contributed by atoms with Gasteiger partial charge in [-0.25, -0.2) is 0 Å². The molecule has 0 saturated carbocycles. The minimum atomic E-state index is -0.157. The first-order valence-electron chi connectivity index (χ1n) is 8.97. The first-order chi connectivity index (χ1) is 13.6. The van der Waals surface area contributed by atoms with Crippen LogP contribution in [0.1, 0.15) is 29.3 Å². The smallest absolute Gasteiger partial charge is 0.235 e. The Morgan fingerprint density at radius 3 is 3.14 bits per heavy atom. The molecule has 0 aliphatic heterocycles. The molecule has 9 heteroatoms. The van der Waals surface area contributed by atoms with Gasteiger partial charge in [-0.2, -0.15) is 5.26 Å². The van der Waals surface area contributed by atoms with Crippen molar-refractivity contribution in [2.45, 2.75) is 31.3 Å². The molecule has 1 atom stereocenters. The van der Waals surface area contributed by atoms with E-state index in [2.05, 4.69) is 28.5 Å². The number of furan rings is 1. The van der Waals surface area contributed by atoms with Crippen LogP contribution >= 0.6 is 23.1 Å². The summed E-state index contributed by atoms with van der Waals surface area (Å²) < 4.78 is 7.14. The Kier molecular flexibility index (Phi) is 5.24. The van der Waals surface area contributed by atoms with E-state index >= 15 is 0 Å². The molecule has 28 heavy (non-hydrogen) atoms. The number of nitrogens with one attached hydrogen (secondary N) is 1. The molecule has 1 aliphatic carbocycles. The number of nitrogens with zero attached hydrogens (tertiary/aromatic N) is 4. The van der Waals surface area contributed by atoms with Crippen molar-refractivity contribution < 1.29 is 9.21 Å². The van der Waals surface area contributed by atoms with Crippen LogP contribution in [-0.2, 0) is 24.7 Å². The van der Waals surface area contributed by atoms with Gasteiger partial charge in [-0.15, -0.1) is 21.5 Å². The van der Waals surface area contributed by atoms with E-state index in [0.717, 1.165) is 24.8 Å². The van der Waals surface area contributed by atoms with Crippen molar-refractivity contribution in [2.75, 3.05) is 11.1 Å². The summed E-state index contributed by atoms with van der Waals surface area (Å²) in [4.78, 5) is 13.7. The van der Waals surface area contributed by atoms with Crippen molar-refractivity contribution in [3.63, 3.8) is 0 Å². The maximum Gasteiger partial charge on any atom is 0.235 e. The fourth-order valence-electron chi connectivity index (χ4n) is 3.31. The first kappa shape index (κ1) is 18.8. The molecule has 0 aromatic carbocycles. The molecule has 0 radical (unpaired) electrons. The van der Waals surface area contributed by atoms with Gasteiger partial charge in [0.05, 0.1) is 17.6 Å². The van der Waals surface area contributed by atoms with Crippen LogP contribution in [0.5, 0.6) is 0 Å². The van der Waals surface area contributed by atoms with E-state index in [1.807, 2.05) is 13.1 Å². The summed E-state index contributed by atoms with van der Waals surface area (Å²) in [5.74, 6) is 1.89. The van der Waals surface area contributed by atoms with Gasteiger partial charge in [0.1, 0.15) is 11.1 Å². The molecule has 3 aromatic heterocycles. The lowest BCUT2D eigenvalue weighted by molar-refractivity contribution is -0.113. The third kappa shape index (κ3) is 3.57. The zero-order valence-electron chi connectivity index (χ0n) is 15.6. The maximum atomic E-state index is 12.5. The van der Waals surface area contributed by atoms with Crippen molar-refractivity contribution in [3.8, 4) is 17.7 Å². The Hall–Kier alpha value is -2.57. The van der Waals surface area contributed by atoms with Gasteiger partial charge in [0.2, 0.25) is 5.91 Å². The maximum absolute atomic E-state index is 12.5. The van der Waals surface area contributed by atoms with E-state index in [4.69, 9.17) is 4.42 Å². The van der Waals surface area contributed by atoms with Crippen molar-refractivity contribution in [2.24, 2.45) is 13.0 Å². The Bertz CT molecular complexity index is 1050. The molecular formula is C19H19N5O2S2. The number of rotatable bonds is 5. The molecule has 144 valence electrons. The minimum Gasteiger partial charge on any atom is -0.461 e. The fourth-order valence-corrected chi connectivity index (χ4v) is 5.40. The number of aromatic nitrogens is 3. The molecule has 7 nitrogen and oxygen atoms in total. The third-order valence-corrected chi connectivity index (χ3v) is 6.98. The van der Waals surface area contributed by atoms with E-state index < -0.39 is 0 Å². The van der Waals surface area contributed by atoms with Crippen molar-refractivity contribution in [3.05, 3.63) is 34.4 Å². The Morgan fingerprint density at radius 2 is 2.39 bits per heavy atom. The van der Waals surface area contributed by atoms with Crippen molar-refractivity contribution in [1.29, 1.82) is 5.26 Å². The average Bonchev–Trinajstić information content (AvgIpc) is 3.38. The highest BCUT2D eigenvalue weighted by Crippen LogP contribution is 2.39. The molecule has 0 fully saturated rings. The van der Waals surface area contributed by atoms with Crippen LogP contribution in [0.4, 0.5) is 5.00 Å². The minimum absolute atomic E-state index is 0.157. The van der Waals surface area contributed by atoms with Gasteiger partial charge in [-0.1, -0.05) is 18.7 Å². The Morgan fingerprint density at radius 1 is 1.54 bits per heavy atom. The van der Waals surface area contributed by atoms with E-state index in [1.54, 1.807) is 16.9 Å². The Labute approximate surface area is 170 Å². The summed E-state index contributed by atoms with van der Waals surface area (Å²) in [7, 11) is 1.83. The summed E-state index contributed by atoms with van der Waals surface area (Å²) in [6, 6.07) is 5.88. The van der Waals surface area contributed by atoms with Gasteiger partial charge < -0.3 is 14.3 Å². The molecule has 0 saturated heterocycles. The van der Waals surface area contributed by atoms with Crippen molar-refractivity contribution in [1.82, 2.24) is 14.8 Å². The topological polar surface area (TPSA) is 96.7 Å². The predicted molar refractivity (Wildman–Crippen MR) is 108 cm³/mol. The molecule has 3 heterocycles. The number of carbonyl (C=O) groups is 1. The van der Waals surface area contributed by atoms with E-state index in [-0.39, 0.29) is 11.7 Å². The third-order valence-electron chi connectivity index (χ3n) is 4.79. The zero-order valence-corrected chi connectivity index (χ0v) is 17.2. The second-order valence-electron chi connectivity index (χ2n) is 6.85. The molecule has 3 aromatic rings. The number of hydrogen-bond donors (Lipinski definition) is 1. The lowest BCUT2D eigenvalue weighted by Crippen LogP contribution is -2.14. The van der Waals surface area contributed by atoms with Crippen LogP contribution in [0.2, 0.25) is 0 Å². The summed E-state index contributed by atoms with van der Waals surface area (Å²) in [6.07, 6.45) is 4.56. The average molecular weight is 414 g/mol. The monoisotopic (exact) mass is 413 g/mol. The van der Waals surface area contributed by atoms with E-state index in [0.29, 0.717) is 33.2 Å².